The van der Waals surface area contributed by atoms with Crippen LogP contribution in [0.15, 0.2) is 24.3 Å². The molecule has 0 bridgehead atoms. The minimum Gasteiger partial charge on any atom is -0.508 e. The van der Waals surface area contributed by atoms with Gasteiger partial charge in [-0.25, -0.2) is 4.39 Å². The van der Waals surface area contributed by atoms with Gasteiger partial charge in [-0.05, 0) is 31.2 Å². The normalized spacial score (nSPS) is 22.4. The Kier molecular flexibility index (Phi) is 2.34. The number of anilines is 1. The zero-order valence-corrected chi connectivity index (χ0v) is 8.35. The lowest BCUT2D eigenvalue weighted by atomic mass is 9.97. The van der Waals surface area contributed by atoms with Gasteiger partial charge in [-0.1, -0.05) is 0 Å². The second-order valence-corrected chi connectivity index (χ2v) is 3.73. The molecule has 0 spiro atoms. The zero-order valence-electron chi connectivity index (χ0n) is 8.35. The largest absolute Gasteiger partial charge is 0.508 e. The van der Waals surface area contributed by atoms with E-state index in [9.17, 15) is 9.18 Å². The summed E-state index contributed by atoms with van der Waals surface area (Å²) in [4.78, 5) is 12.8. The maximum absolute atomic E-state index is 13.1. The molecule has 3 nitrogen and oxygen atoms in total. The number of hydrogen-bond donors (Lipinski definition) is 1. The molecule has 80 valence electrons. The third-order valence-electron chi connectivity index (χ3n) is 2.64. The Hall–Kier alpha value is -1.58. The number of phenols is 1. The molecular weight excluding hydrogens is 197 g/mol. The minimum atomic E-state index is -1.03. The molecule has 1 amide bonds. The summed E-state index contributed by atoms with van der Waals surface area (Å²) < 4.78 is 13.1. The van der Waals surface area contributed by atoms with E-state index in [1.54, 1.807) is 12.1 Å². The Morgan fingerprint density at radius 1 is 1.47 bits per heavy atom. The van der Waals surface area contributed by atoms with Crippen molar-refractivity contribution >= 4 is 11.6 Å². The van der Waals surface area contributed by atoms with Crippen molar-refractivity contribution in [2.45, 2.75) is 25.6 Å². The Labute approximate surface area is 87.1 Å². The van der Waals surface area contributed by atoms with Gasteiger partial charge in [-0.2, -0.15) is 0 Å². The fourth-order valence-corrected chi connectivity index (χ4v) is 1.76. The van der Waals surface area contributed by atoms with Crippen LogP contribution in [0.25, 0.3) is 0 Å². The molecule has 1 heterocycles. The van der Waals surface area contributed by atoms with Crippen molar-refractivity contribution in [1.82, 2.24) is 0 Å². The van der Waals surface area contributed by atoms with E-state index >= 15 is 0 Å². The molecule has 0 aliphatic carbocycles. The molecule has 1 N–H and O–H groups in total. The number of phenolic OH excluding ortho intramolecular Hbond substituents is 1. The molecule has 1 aromatic rings. The van der Waals surface area contributed by atoms with Gasteiger partial charge in [0, 0.05) is 5.69 Å². The lowest BCUT2D eigenvalue weighted by Gasteiger charge is -2.41. The summed E-state index contributed by atoms with van der Waals surface area (Å²) in [7, 11) is 0. The number of nitrogens with zero attached hydrogens (tertiary/aromatic N) is 1. The Morgan fingerprint density at radius 3 is 2.53 bits per heavy atom. The molecule has 0 radical (unpaired) electrons. The van der Waals surface area contributed by atoms with Gasteiger partial charge in [0.2, 0.25) is 5.91 Å². The van der Waals surface area contributed by atoms with Gasteiger partial charge in [-0.3, -0.25) is 4.79 Å². The number of carbonyl (C=O) groups excluding carboxylic acids is 1. The highest BCUT2D eigenvalue weighted by Crippen LogP contribution is 2.31. The van der Waals surface area contributed by atoms with Crippen molar-refractivity contribution in [3.8, 4) is 5.75 Å². The smallest absolute Gasteiger partial charge is 0.229 e. The molecular formula is C11H12FNO2. The molecule has 1 aromatic carbocycles. The van der Waals surface area contributed by atoms with Crippen molar-refractivity contribution in [3.05, 3.63) is 24.3 Å². The second kappa shape index (κ2) is 3.53. The van der Waals surface area contributed by atoms with Crippen molar-refractivity contribution in [2.75, 3.05) is 4.90 Å². The van der Waals surface area contributed by atoms with E-state index in [1.807, 2.05) is 0 Å². The van der Waals surface area contributed by atoms with Crippen molar-refractivity contribution < 1.29 is 14.3 Å². The van der Waals surface area contributed by atoms with Crippen LogP contribution in [0.1, 0.15) is 13.3 Å². The first kappa shape index (κ1) is 9.96. The number of hydrogen-bond acceptors (Lipinski definition) is 2. The average molecular weight is 209 g/mol. The van der Waals surface area contributed by atoms with Gasteiger partial charge in [0.25, 0.3) is 0 Å². The molecule has 4 heteroatoms. The lowest BCUT2D eigenvalue weighted by molar-refractivity contribution is -0.125. The zero-order chi connectivity index (χ0) is 11.0. The van der Waals surface area contributed by atoms with Crippen molar-refractivity contribution in [2.24, 2.45) is 0 Å². The molecule has 1 aliphatic rings. The number of carbonyl (C=O) groups is 1. The van der Waals surface area contributed by atoms with E-state index < -0.39 is 6.17 Å². The van der Waals surface area contributed by atoms with Gasteiger partial charge < -0.3 is 10.0 Å². The van der Waals surface area contributed by atoms with Crippen LogP contribution in [-0.2, 0) is 4.79 Å². The van der Waals surface area contributed by atoms with Crippen LogP contribution in [-0.4, -0.2) is 23.2 Å². The van der Waals surface area contributed by atoms with E-state index in [-0.39, 0.29) is 24.1 Å². The number of aromatic hydroxyl groups is 1. The molecule has 1 aliphatic heterocycles. The van der Waals surface area contributed by atoms with E-state index in [1.165, 1.54) is 24.0 Å². The third-order valence-corrected chi connectivity index (χ3v) is 2.64. The van der Waals surface area contributed by atoms with Gasteiger partial charge >= 0.3 is 0 Å². The molecule has 0 unspecified atom stereocenters. The number of alkyl halides is 1. The van der Waals surface area contributed by atoms with Crippen LogP contribution in [0.4, 0.5) is 10.1 Å². The number of rotatable bonds is 2. The highest BCUT2D eigenvalue weighted by molar-refractivity contribution is 6.01. The summed E-state index contributed by atoms with van der Waals surface area (Å²) in [6.45, 7) is 1.45. The lowest BCUT2D eigenvalue weighted by Crippen LogP contribution is -2.56. The predicted octanol–water partition coefficient (Wildman–Crippen LogP) is 1.86. The fourth-order valence-electron chi connectivity index (χ4n) is 1.76. The van der Waals surface area contributed by atoms with Crippen LogP contribution in [0.5, 0.6) is 5.75 Å². The molecule has 15 heavy (non-hydrogen) atoms. The Bertz CT molecular complexity index is 375. The first-order chi connectivity index (χ1) is 7.09. The molecule has 1 fully saturated rings. The Morgan fingerprint density at radius 2 is 2.07 bits per heavy atom. The summed E-state index contributed by atoms with van der Waals surface area (Å²) in [6, 6.07) is 5.84. The van der Waals surface area contributed by atoms with Gasteiger partial charge in [-0.15, -0.1) is 0 Å². The number of amides is 1. The number of halogens is 1. The maximum atomic E-state index is 13.1. The van der Waals surface area contributed by atoms with E-state index in [2.05, 4.69) is 0 Å². The van der Waals surface area contributed by atoms with Crippen LogP contribution in [0.2, 0.25) is 0 Å². The Balaban J connectivity index is 2.22. The van der Waals surface area contributed by atoms with Crippen LogP contribution < -0.4 is 4.90 Å². The van der Waals surface area contributed by atoms with Crippen molar-refractivity contribution in [3.63, 3.8) is 0 Å². The third kappa shape index (κ3) is 1.67. The summed E-state index contributed by atoms with van der Waals surface area (Å²) in [5.41, 5.74) is 0.638. The molecule has 0 saturated carbocycles. The number of β-lactam (4-membered cyclic amide) rings is 1. The van der Waals surface area contributed by atoms with E-state index in [4.69, 9.17) is 5.11 Å². The average Bonchev–Trinajstić information content (AvgIpc) is 2.17. The summed E-state index contributed by atoms with van der Waals surface area (Å²) in [5, 5.41) is 9.09. The second-order valence-electron chi connectivity index (χ2n) is 3.73. The minimum absolute atomic E-state index is 0.0739. The highest BCUT2D eigenvalue weighted by Gasteiger charge is 2.40. The monoisotopic (exact) mass is 209 g/mol. The topological polar surface area (TPSA) is 40.5 Å². The van der Waals surface area contributed by atoms with Crippen LogP contribution in [0.3, 0.4) is 0 Å². The SMILES string of the molecule is C[C@H](F)[C@H]1CC(=O)N1c1ccc(O)cc1. The summed E-state index contributed by atoms with van der Waals surface area (Å²) in [6.07, 6.45) is -0.769. The molecule has 2 rings (SSSR count). The predicted molar refractivity (Wildman–Crippen MR) is 54.6 cm³/mol. The van der Waals surface area contributed by atoms with Gasteiger partial charge in [0.15, 0.2) is 0 Å². The maximum Gasteiger partial charge on any atom is 0.229 e. The standard InChI is InChI=1S/C11H12FNO2/c1-7(12)10-6-11(15)13(10)8-2-4-9(14)5-3-8/h2-5,7,10,14H,6H2,1H3/t7-,10+/m0/s1. The van der Waals surface area contributed by atoms with Crippen LogP contribution >= 0.6 is 0 Å². The quantitative estimate of drug-likeness (QED) is 0.755. The van der Waals surface area contributed by atoms with Crippen molar-refractivity contribution in [1.29, 1.82) is 0 Å². The van der Waals surface area contributed by atoms with E-state index in [0.717, 1.165) is 0 Å². The number of benzene rings is 1. The van der Waals surface area contributed by atoms with Gasteiger partial charge in [0.1, 0.15) is 11.9 Å². The molecule has 2 atom stereocenters. The van der Waals surface area contributed by atoms with E-state index in [0.29, 0.717) is 5.69 Å². The summed E-state index contributed by atoms with van der Waals surface area (Å²) in [5.74, 6) is 0.0618. The molecule has 0 aromatic heterocycles. The van der Waals surface area contributed by atoms with Gasteiger partial charge in [0.05, 0.1) is 12.5 Å². The first-order valence-corrected chi connectivity index (χ1v) is 4.85. The van der Waals surface area contributed by atoms with Crippen LogP contribution in [0, 0.1) is 0 Å². The molecule has 1 saturated heterocycles. The summed E-state index contributed by atoms with van der Waals surface area (Å²) >= 11 is 0. The fraction of sp³-hybridized carbons (Fsp3) is 0.364. The first-order valence-electron chi connectivity index (χ1n) is 4.85. The highest BCUT2D eigenvalue weighted by atomic mass is 19.1.